The van der Waals surface area contributed by atoms with E-state index in [1.807, 2.05) is 55.5 Å². The Kier molecular flexibility index (Phi) is 5.38. The van der Waals surface area contributed by atoms with Gasteiger partial charge in [-0.1, -0.05) is 70.9 Å². The van der Waals surface area contributed by atoms with Crippen molar-refractivity contribution in [3.63, 3.8) is 0 Å². The minimum atomic E-state index is -0.0593. The van der Waals surface area contributed by atoms with E-state index in [1.165, 1.54) is 0 Å². The molecule has 0 aliphatic carbocycles. The minimum Gasteiger partial charge on any atom is -0.299 e. The van der Waals surface area contributed by atoms with Crippen LogP contribution in [0.3, 0.4) is 0 Å². The van der Waals surface area contributed by atoms with Gasteiger partial charge in [0.05, 0.1) is 0 Å². The molecule has 0 saturated heterocycles. The van der Waals surface area contributed by atoms with E-state index < -0.39 is 0 Å². The Hall–Kier alpha value is -1.12. The van der Waals surface area contributed by atoms with Gasteiger partial charge < -0.3 is 0 Å². The number of halogens is 2. The Labute approximate surface area is 133 Å². The number of carbonyl (C=O) groups is 1. The van der Waals surface area contributed by atoms with E-state index in [9.17, 15) is 4.79 Å². The molecule has 3 heteroatoms. The molecule has 20 heavy (non-hydrogen) atoms. The normalized spacial score (nSPS) is 12.2. The highest BCUT2D eigenvalue weighted by molar-refractivity contribution is 9.10. The van der Waals surface area contributed by atoms with Crippen LogP contribution in [0.1, 0.15) is 30.4 Å². The van der Waals surface area contributed by atoms with Crippen LogP contribution in [0.15, 0.2) is 53.0 Å². The summed E-state index contributed by atoms with van der Waals surface area (Å²) in [5, 5.41) is 0.635. The lowest BCUT2D eigenvalue weighted by Crippen LogP contribution is -2.14. The van der Waals surface area contributed by atoms with Gasteiger partial charge >= 0.3 is 0 Å². The molecule has 0 bridgehead atoms. The summed E-state index contributed by atoms with van der Waals surface area (Å²) in [4.78, 5) is 12.5. The molecule has 0 heterocycles. The van der Waals surface area contributed by atoms with Gasteiger partial charge in [0.1, 0.15) is 5.78 Å². The van der Waals surface area contributed by atoms with Crippen LogP contribution in [0, 0.1) is 0 Å². The molecule has 1 unspecified atom stereocenters. The van der Waals surface area contributed by atoms with Crippen LogP contribution in [-0.4, -0.2) is 5.78 Å². The van der Waals surface area contributed by atoms with E-state index in [2.05, 4.69) is 15.9 Å². The standard InChI is InChI=1S/C17H16BrClO/c1-2-15(12-6-4-3-5-7-12)17(20)10-13-8-9-14(18)11-16(13)19/h3-9,11,15H,2,10H2,1H3. The van der Waals surface area contributed by atoms with Gasteiger partial charge in [0, 0.05) is 21.8 Å². The first-order chi connectivity index (χ1) is 9.61. The lowest BCUT2D eigenvalue weighted by atomic mass is 9.89. The summed E-state index contributed by atoms with van der Waals surface area (Å²) in [6, 6.07) is 15.6. The maximum atomic E-state index is 12.5. The Morgan fingerprint density at radius 1 is 1.20 bits per heavy atom. The van der Waals surface area contributed by atoms with Crippen LogP contribution < -0.4 is 0 Å². The average Bonchev–Trinajstić information content (AvgIpc) is 2.44. The van der Waals surface area contributed by atoms with Crippen LogP contribution in [0.25, 0.3) is 0 Å². The topological polar surface area (TPSA) is 17.1 Å². The number of Topliss-reactive ketones (excluding diaryl/α,β-unsaturated/α-hetero) is 1. The lowest BCUT2D eigenvalue weighted by molar-refractivity contribution is -0.119. The zero-order valence-corrected chi connectivity index (χ0v) is 13.6. The molecular formula is C17H16BrClO. The summed E-state index contributed by atoms with van der Waals surface area (Å²) in [6.07, 6.45) is 1.18. The Balaban J connectivity index is 2.18. The van der Waals surface area contributed by atoms with E-state index in [4.69, 9.17) is 11.6 Å². The Morgan fingerprint density at radius 3 is 2.50 bits per heavy atom. The molecular weight excluding hydrogens is 336 g/mol. The smallest absolute Gasteiger partial charge is 0.144 e. The summed E-state index contributed by atoms with van der Waals surface area (Å²) in [5.74, 6) is 0.152. The van der Waals surface area contributed by atoms with Crippen LogP contribution >= 0.6 is 27.5 Å². The van der Waals surface area contributed by atoms with Crippen molar-refractivity contribution in [3.8, 4) is 0 Å². The van der Waals surface area contributed by atoms with Gasteiger partial charge in [-0.3, -0.25) is 4.79 Å². The highest BCUT2D eigenvalue weighted by Gasteiger charge is 2.19. The van der Waals surface area contributed by atoms with E-state index in [1.54, 1.807) is 0 Å². The number of carbonyl (C=O) groups excluding carboxylic acids is 1. The number of hydrogen-bond donors (Lipinski definition) is 0. The van der Waals surface area contributed by atoms with E-state index >= 15 is 0 Å². The van der Waals surface area contributed by atoms with Gasteiger partial charge in [-0.2, -0.15) is 0 Å². The van der Waals surface area contributed by atoms with Crippen molar-refractivity contribution in [1.82, 2.24) is 0 Å². The third-order valence-corrected chi connectivity index (χ3v) is 4.22. The average molecular weight is 352 g/mol. The number of hydrogen-bond acceptors (Lipinski definition) is 1. The lowest BCUT2D eigenvalue weighted by Gasteiger charge is -2.14. The second-order valence-electron chi connectivity index (χ2n) is 4.75. The number of benzene rings is 2. The zero-order chi connectivity index (χ0) is 14.5. The van der Waals surface area contributed by atoms with Crippen molar-refractivity contribution in [2.45, 2.75) is 25.7 Å². The molecule has 1 nitrogen and oxygen atoms in total. The highest BCUT2D eigenvalue weighted by Crippen LogP contribution is 2.26. The second kappa shape index (κ2) is 7.05. The molecule has 2 aromatic carbocycles. The zero-order valence-electron chi connectivity index (χ0n) is 11.3. The fourth-order valence-electron chi connectivity index (χ4n) is 2.31. The fraction of sp³-hybridized carbons (Fsp3) is 0.235. The predicted octanol–water partition coefficient (Wildman–Crippen LogP) is 5.41. The summed E-state index contributed by atoms with van der Waals surface area (Å²) in [7, 11) is 0. The van der Waals surface area contributed by atoms with Gasteiger partial charge in [-0.15, -0.1) is 0 Å². The predicted molar refractivity (Wildman–Crippen MR) is 87.3 cm³/mol. The summed E-state index contributed by atoms with van der Waals surface area (Å²) >= 11 is 9.56. The molecule has 0 spiro atoms. The number of ketones is 1. The Bertz CT molecular complexity index is 595. The van der Waals surface area contributed by atoms with E-state index in [-0.39, 0.29) is 11.7 Å². The van der Waals surface area contributed by atoms with Crippen molar-refractivity contribution >= 4 is 33.3 Å². The van der Waals surface area contributed by atoms with Crippen molar-refractivity contribution in [2.75, 3.05) is 0 Å². The maximum absolute atomic E-state index is 12.5. The maximum Gasteiger partial charge on any atom is 0.144 e. The van der Waals surface area contributed by atoms with E-state index in [0.717, 1.165) is 22.0 Å². The molecule has 0 aromatic heterocycles. The van der Waals surface area contributed by atoms with Crippen LogP contribution in [0.4, 0.5) is 0 Å². The molecule has 0 fully saturated rings. The van der Waals surface area contributed by atoms with Gasteiger partial charge in [-0.25, -0.2) is 0 Å². The van der Waals surface area contributed by atoms with Crippen molar-refractivity contribution in [3.05, 3.63) is 69.2 Å². The molecule has 0 radical (unpaired) electrons. The van der Waals surface area contributed by atoms with Crippen molar-refractivity contribution in [2.24, 2.45) is 0 Å². The minimum absolute atomic E-state index is 0.0593. The monoisotopic (exact) mass is 350 g/mol. The van der Waals surface area contributed by atoms with Crippen LogP contribution in [0.2, 0.25) is 5.02 Å². The number of rotatable bonds is 5. The molecule has 1 atom stereocenters. The van der Waals surface area contributed by atoms with Crippen LogP contribution in [-0.2, 0) is 11.2 Å². The van der Waals surface area contributed by atoms with E-state index in [0.29, 0.717) is 11.4 Å². The largest absolute Gasteiger partial charge is 0.299 e. The molecule has 0 aliphatic rings. The molecule has 0 amide bonds. The summed E-state index contributed by atoms with van der Waals surface area (Å²) in [6.45, 7) is 2.04. The molecule has 2 rings (SSSR count). The highest BCUT2D eigenvalue weighted by atomic mass is 79.9. The summed E-state index contributed by atoms with van der Waals surface area (Å²) in [5.41, 5.74) is 1.96. The van der Waals surface area contributed by atoms with Crippen molar-refractivity contribution in [1.29, 1.82) is 0 Å². The second-order valence-corrected chi connectivity index (χ2v) is 6.07. The third kappa shape index (κ3) is 3.71. The Morgan fingerprint density at radius 2 is 1.90 bits per heavy atom. The molecule has 0 saturated carbocycles. The molecule has 104 valence electrons. The third-order valence-electron chi connectivity index (χ3n) is 3.38. The van der Waals surface area contributed by atoms with Gasteiger partial charge in [0.15, 0.2) is 0 Å². The van der Waals surface area contributed by atoms with Gasteiger partial charge in [0.2, 0.25) is 0 Å². The van der Waals surface area contributed by atoms with Gasteiger partial charge in [-0.05, 0) is 29.7 Å². The van der Waals surface area contributed by atoms with Crippen molar-refractivity contribution < 1.29 is 4.79 Å². The molecule has 0 N–H and O–H groups in total. The first-order valence-corrected chi connectivity index (χ1v) is 7.80. The fourth-order valence-corrected chi connectivity index (χ4v) is 3.05. The van der Waals surface area contributed by atoms with Crippen LogP contribution in [0.5, 0.6) is 0 Å². The van der Waals surface area contributed by atoms with Gasteiger partial charge in [0.25, 0.3) is 0 Å². The molecule has 2 aromatic rings. The quantitative estimate of drug-likeness (QED) is 0.704. The summed E-state index contributed by atoms with van der Waals surface area (Å²) < 4.78 is 0.925. The first-order valence-electron chi connectivity index (χ1n) is 6.63. The first kappa shape index (κ1) is 15.3. The SMILES string of the molecule is CCC(C(=O)Cc1ccc(Br)cc1Cl)c1ccccc1. The molecule has 0 aliphatic heterocycles.